The molecule has 0 atom stereocenters. The van der Waals surface area contributed by atoms with E-state index in [0.717, 1.165) is 67.4 Å². The van der Waals surface area contributed by atoms with E-state index in [-0.39, 0.29) is 30.1 Å². The summed E-state index contributed by atoms with van der Waals surface area (Å²) in [6.45, 7) is 2.60. The SMILES string of the molecule is CC1CCC(NC(=O)N(CCCl)N=O)CC1.N=C(N)c1ccc(OCCCCCOc2ccc(C(=N)N)cc2)cc1.O=S(=O)(O)CCO.O=S(=O)(O)CCO. The van der Waals surface area contributed by atoms with Crippen LogP contribution in [-0.4, -0.2) is 115 Å². The molecule has 2 aromatic rings. The highest BCUT2D eigenvalue weighted by atomic mass is 35.5. The molecule has 2 aromatic carbocycles. The summed E-state index contributed by atoms with van der Waals surface area (Å²) >= 11 is 5.46. The van der Waals surface area contributed by atoms with Crippen LogP contribution in [0.15, 0.2) is 53.8 Å². The Morgan fingerprint density at radius 2 is 1.22 bits per heavy atom. The Balaban J connectivity index is 0.000000825. The number of nitrogens with two attached hydrogens (primary N) is 2. The Morgan fingerprint density at radius 1 is 0.818 bits per heavy atom. The number of amides is 2. The third kappa shape index (κ3) is 27.2. The Labute approximate surface area is 327 Å². The van der Waals surface area contributed by atoms with Crippen molar-refractivity contribution in [2.75, 3.05) is 50.4 Å². The second-order valence-corrected chi connectivity index (χ2v) is 15.5. The molecule has 1 aliphatic rings. The molecule has 0 unspecified atom stereocenters. The minimum Gasteiger partial charge on any atom is -0.494 e. The van der Waals surface area contributed by atoms with Crippen LogP contribution < -0.4 is 26.3 Å². The molecular weight excluding hydrogens is 786 g/mol. The van der Waals surface area contributed by atoms with E-state index in [2.05, 4.69) is 17.5 Å². The number of hydrogen-bond acceptors (Lipinski definition) is 13. The first-order valence-corrected chi connectivity index (χ1v) is 20.8. The topological polar surface area (TPSA) is 329 Å². The third-order valence-electron chi connectivity index (χ3n) is 7.33. The summed E-state index contributed by atoms with van der Waals surface area (Å²) < 4.78 is 65.5. The van der Waals surface area contributed by atoms with Gasteiger partial charge in [0.05, 0.1) is 49.8 Å². The van der Waals surface area contributed by atoms with Crippen molar-refractivity contribution in [2.24, 2.45) is 22.7 Å². The van der Waals surface area contributed by atoms with Crippen LogP contribution in [0, 0.1) is 21.6 Å². The molecule has 0 saturated heterocycles. The molecule has 22 heteroatoms. The van der Waals surface area contributed by atoms with E-state index in [1.807, 2.05) is 24.3 Å². The van der Waals surface area contributed by atoms with Gasteiger partial charge in [0.15, 0.2) is 0 Å². The Kier molecular flexibility index (Phi) is 26.2. The van der Waals surface area contributed by atoms with Crippen LogP contribution in [0.5, 0.6) is 11.5 Å². The van der Waals surface area contributed by atoms with Crippen LogP contribution in [0.25, 0.3) is 0 Å². The molecule has 1 fully saturated rings. The van der Waals surface area contributed by atoms with Gasteiger partial charge in [-0.2, -0.15) is 21.8 Å². The molecular formula is C33H54ClN7O12S2. The van der Waals surface area contributed by atoms with Crippen molar-refractivity contribution in [3.63, 3.8) is 0 Å². The zero-order chi connectivity index (χ0) is 41.9. The number of unbranched alkanes of at least 4 members (excludes halogenated alkanes) is 2. The first-order valence-electron chi connectivity index (χ1n) is 17.1. The number of carbonyl (C=O) groups is 1. The van der Waals surface area contributed by atoms with Crippen molar-refractivity contribution in [1.29, 1.82) is 10.8 Å². The number of carbonyl (C=O) groups excluding carboxylic acids is 1. The number of urea groups is 1. The summed E-state index contributed by atoms with van der Waals surface area (Å²) in [5.74, 6) is 1.47. The standard InChI is InChI=1S/C19H24N4O2.C10H18ClN3O2.2C2H6O4S/c20-18(21)14-4-8-16(9-5-14)24-12-2-1-3-13-25-17-10-6-15(7-11-17)19(22)23;1-8-2-4-9(5-3-8)12-10(15)14(13-16)7-6-11;2*3-1-2-7(4,5)6/h4-11H,1-3,12-13H2,(H3,20,21)(H3,22,23);8-9H,2-7H2,1H3,(H,12,15);2*3H,1-2H2,(H,4,5,6). The van der Waals surface area contributed by atoms with Gasteiger partial charge in [-0.15, -0.1) is 16.5 Å². The van der Waals surface area contributed by atoms with Gasteiger partial charge in [0.25, 0.3) is 20.2 Å². The number of ether oxygens (including phenoxy) is 2. The van der Waals surface area contributed by atoms with E-state index in [9.17, 15) is 26.5 Å². The van der Waals surface area contributed by atoms with E-state index in [1.165, 1.54) is 0 Å². The molecule has 11 N–H and O–H groups in total. The highest BCUT2D eigenvalue weighted by molar-refractivity contribution is 7.86. The molecule has 2 amide bonds. The molecule has 312 valence electrons. The normalized spacial score (nSPS) is 14.9. The number of nitrogen functional groups attached to an aromatic ring is 2. The number of alkyl halides is 1. The smallest absolute Gasteiger partial charge is 0.340 e. The molecule has 0 radical (unpaired) electrons. The van der Waals surface area contributed by atoms with Gasteiger partial charge >= 0.3 is 6.03 Å². The quantitative estimate of drug-likeness (QED) is 0.0198. The number of nitrogens with zero attached hydrogens (tertiary/aromatic N) is 2. The molecule has 0 bridgehead atoms. The van der Waals surface area contributed by atoms with E-state index in [4.69, 9.17) is 62.7 Å². The number of aliphatic hydroxyl groups is 2. The fourth-order valence-corrected chi connectivity index (χ4v) is 4.99. The first kappa shape index (κ1) is 50.9. The molecule has 3 rings (SSSR count). The van der Waals surface area contributed by atoms with E-state index in [1.54, 1.807) is 24.3 Å². The van der Waals surface area contributed by atoms with Gasteiger partial charge in [-0.1, -0.05) is 6.92 Å². The van der Waals surface area contributed by atoms with E-state index >= 15 is 0 Å². The van der Waals surface area contributed by atoms with Gasteiger partial charge in [0.1, 0.15) is 23.2 Å². The average molecular weight is 840 g/mol. The molecule has 1 aliphatic carbocycles. The van der Waals surface area contributed by atoms with Crippen LogP contribution in [0.4, 0.5) is 4.79 Å². The van der Waals surface area contributed by atoms with Gasteiger partial charge in [-0.25, -0.2) is 4.79 Å². The molecule has 55 heavy (non-hydrogen) atoms. The highest BCUT2D eigenvalue weighted by Crippen LogP contribution is 2.23. The monoisotopic (exact) mass is 839 g/mol. The molecule has 0 aliphatic heterocycles. The van der Waals surface area contributed by atoms with Crippen LogP contribution in [0.1, 0.15) is 63.0 Å². The number of nitrogens with one attached hydrogen (secondary N) is 3. The zero-order valence-corrected chi connectivity index (χ0v) is 33.1. The van der Waals surface area contributed by atoms with Crippen LogP contribution >= 0.6 is 11.6 Å². The largest absolute Gasteiger partial charge is 0.494 e. The summed E-state index contributed by atoms with van der Waals surface area (Å²) in [7, 11) is -7.85. The fourth-order valence-electron chi connectivity index (χ4n) is 4.37. The van der Waals surface area contributed by atoms with E-state index in [0.29, 0.717) is 24.3 Å². The highest BCUT2D eigenvalue weighted by Gasteiger charge is 2.22. The maximum atomic E-state index is 11.6. The van der Waals surface area contributed by atoms with Crippen LogP contribution in [0.2, 0.25) is 0 Å². The zero-order valence-electron chi connectivity index (χ0n) is 30.7. The summed E-state index contributed by atoms with van der Waals surface area (Å²) in [5, 5.41) is 36.7. The van der Waals surface area contributed by atoms with Crippen molar-refractivity contribution < 1.29 is 50.4 Å². The second-order valence-electron chi connectivity index (χ2n) is 12.0. The summed E-state index contributed by atoms with van der Waals surface area (Å²) in [6.07, 6.45) is 7.09. The van der Waals surface area contributed by atoms with Gasteiger partial charge in [-0.05, 0) is 99.4 Å². The maximum absolute atomic E-state index is 11.6. The van der Waals surface area contributed by atoms with Crippen molar-refractivity contribution >= 4 is 49.5 Å². The number of halogens is 1. The minimum absolute atomic E-state index is 0.0579. The lowest BCUT2D eigenvalue weighted by molar-refractivity contribution is 0.191. The predicted octanol–water partition coefficient (Wildman–Crippen LogP) is 3.11. The number of amidine groups is 2. The van der Waals surface area contributed by atoms with Crippen LogP contribution in [0.3, 0.4) is 0 Å². The maximum Gasteiger partial charge on any atom is 0.340 e. The lowest BCUT2D eigenvalue weighted by atomic mass is 9.87. The number of benzene rings is 2. The molecule has 0 heterocycles. The summed E-state index contributed by atoms with van der Waals surface area (Å²) in [6, 6.07) is 14.2. The lowest BCUT2D eigenvalue weighted by Crippen LogP contribution is -2.44. The van der Waals surface area contributed by atoms with Gasteiger partial charge in [0, 0.05) is 23.0 Å². The average Bonchev–Trinajstić information content (AvgIpc) is 3.11. The number of rotatable bonds is 18. The molecule has 0 aromatic heterocycles. The van der Waals surface area contributed by atoms with Crippen molar-refractivity contribution in [3.05, 3.63) is 64.6 Å². The molecule has 19 nitrogen and oxygen atoms in total. The number of hydrogen-bond donors (Lipinski definition) is 9. The molecule has 1 saturated carbocycles. The Bertz CT molecular complexity index is 1530. The van der Waals surface area contributed by atoms with Gasteiger partial charge < -0.3 is 36.5 Å². The number of aliphatic hydroxyl groups excluding tert-OH is 2. The first-order chi connectivity index (χ1) is 25.8. The third-order valence-corrected chi connectivity index (χ3v) is 8.89. The summed E-state index contributed by atoms with van der Waals surface area (Å²) in [5.41, 5.74) is 12.2. The number of nitroso groups, excluding NO2 is 1. The van der Waals surface area contributed by atoms with Gasteiger partial charge in [-0.3, -0.25) is 19.9 Å². The van der Waals surface area contributed by atoms with Crippen molar-refractivity contribution in [2.45, 2.75) is 57.9 Å². The van der Waals surface area contributed by atoms with E-state index < -0.39 is 51.0 Å². The van der Waals surface area contributed by atoms with Gasteiger partial charge in [0.2, 0.25) is 0 Å². The van der Waals surface area contributed by atoms with Crippen LogP contribution in [-0.2, 0) is 20.2 Å². The second kappa shape index (κ2) is 28.3. The Morgan fingerprint density at radius 3 is 1.51 bits per heavy atom. The summed E-state index contributed by atoms with van der Waals surface area (Å²) in [4.78, 5) is 22.0. The van der Waals surface area contributed by atoms with Crippen molar-refractivity contribution in [3.8, 4) is 11.5 Å². The lowest BCUT2D eigenvalue weighted by Gasteiger charge is -2.27. The molecule has 0 spiro atoms. The van der Waals surface area contributed by atoms with Crippen molar-refractivity contribution in [1.82, 2.24) is 10.3 Å². The Hall–Kier alpha value is -4.12. The minimum atomic E-state index is -3.92. The fraction of sp³-hybridized carbons (Fsp3) is 0.545. The predicted molar refractivity (Wildman–Crippen MR) is 210 cm³/mol.